The monoisotopic (exact) mass is 462 g/mol. The summed E-state index contributed by atoms with van der Waals surface area (Å²) in [4.78, 5) is 42.7. The Hall–Kier alpha value is -3.59. The minimum atomic E-state index is -0.516. The van der Waals surface area contributed by atoms with Gasteiger partial charge in [-0.1, -0.05) is 26.0 Å². The van der Waals surface area contributed by atoms with Crippen LogP contribution in [0.3, 0.4) is 0 Å². The molecule has 4 rings (SSSR count). The quantitative estimate of drug-likeness (QED) is 0.535. The highest BCUT2D eigenvalue weighted by Gasteiger charge is 2.26. The molecule has 0 aliphatic carbocycles. The van der Waals surface area contributed by atoms with Gasteiger partial charge in [0.2, 0.25) is 0 Å². The number of amides is 1. The number of fused-ring (bicyclic) bond motifs is 1. The van der Waals surface area contributed by atoms with Crippen molar-refractivity contribution < 1.29 is 14.3 Å². The maximum Gasteiger partial charge on any atom is 0.328 e. The molecular weight excluding hydrogens is 432 g/mol. The van der Waals surface area contributed by atoms with E-state index < -0.39 is 6.04 Å². The molecule has 9 nitrogen and oxygen atoms in total. The standard InChI is InChI=1S/C25H30N6O3/c1-17(2)22(25(33)34-3)29-23-19-8-4-5-9-20(19)27-21(28-23)16-30-11-13-31(14-12-30)24(32)18-7-6-10-26-15-18/h4-10,15,17,22H,11-14,16H2,1-3H3,(H,27,28,29)/t22-/m0/s1. The zero-order valence-electron chi connectivity index (χ0n) is 19.8. The summed E-state index contributed by atoms with van der Waals surface area (Å²) in [5, 5.41) is 4.14. The van der Waals surface area contributed by atoms with Gasteiger partial charge in [-0.25, -0.2) is 14.8 Å². The second-order valence-electron chi connectivity index (χ2n) is 8.70. The number of nitrogens with one attached hydrogen (secondary N) is 1. The Bertz CT molecular complexity index is 1150. The summed E-state index contributed by atoms with van der Waals surface area (Å²) >= 11 is 0. The second-order valence-corrected chi connectivity index (χ2v) is 8.70. The van der Waals surface area contributed by atoms with E-state index in [1.54, 1.807) is 24.5 Å². The average Bonchev–Trinajstić information content (AvgIpc) is 2.87. The van der Waals surface area contributed by atoms with Crippen LogP contribution in [0.25, 0.3) is 10.9 Å². The van der Waals surface area contributed by atoms with Crippen LogP contribution in [-0.4, -0.2) is 76.0 Å². The molecule has 0 bridgehead atoms. The summed E-state index contributed by atoms with van der Waals surface area (Å²) in [5.74, 6) is 0.989. The molecule has 1 saturated heterocycles. The largest absolute Gasteiger partial charge is 0.467 e. The molecule has 0 spiro atoms. The molecule has 1 aliphatic rings. The molecule has 0 radical (unpaired) electrons. The van der Waals surface area contributed by atoms with Gasteiger partial charge >= 0.3 is 5.97 Å². The van der Waals surface area contributed by atoms with Gasteiger partial charge < -0.3 is 15.0 Å². The average molecular weight is 463 g/mol. The van der Waals surface area contributed by atoms with Gasteiger partial charge in [0.25, 0.3) is 5.91 Å². The van der Waals surface area contributed by atoms with Gasteiger partial charge in [-0.15, -0.1) is 0 Å². The van der Waals surface area contributed by atoms with Crippen LogP contribution < -0.4 is 5.32 Å². The number of benzene rings is 1. The highest BCUT2D eigenvalue weighted by molar-refractivity contribution is 5.94. The molecule has 2 aromatic heterocycles. The lowest BCUT2D eigenvalue weighted by molar-refractivity contribution is -0.142. The minimum absolute atomic E-state index is 0.00345. The maximum absolute atomic E-state index is 12.7. The summed E-state index contributed by atoms with van der Waals surface area (Å²) in [5.41, 5.74) is 1.42. The topological polar surface area (TPSA) is 101 Å². The van der Waals surface area contributed by atoms with Crippen LogP contribution >= 0.6 is 0 Å². The maximum atomic E-state index is 12.7. The molecule has 34 heavy (non-hydrogen) atoms. The van der Waals surface area contributed by atoms with Crippen molar-refractivity contribution in [3.05, 3.63) is 60.2 Å². The third-order valence-electron chi connectivity index (χ3n) is 6.00. The number of pyridine rings is 1. The zero-order valence-corrected chi connectivity index (χ0v) is 19.8. The number of rotatable bonds is 7. The van der Waals surface area contributed by atoms with Crippen LogP contribution in [-0.2, 0) is 16.1 Å². The lowest BCUT2D eigenvalue weighted by Gasteiger charge is -2.34. The van der Waals surface area contributed by atoms with Crippen LogP contribution in [0.1, 0.15) is 30.0 Å². The lowest BCUT2D eigenvalue weighted by Crippen LogP contribution is -2.48. The van der Waals surface area contributed by atoms with E-state index in [4.69, 9.17) is 14.7 Å². The smallest absolute Gasteiger partial charge is 0.328 e. The molecule has 1 atom stereocenters. The molecule has 1 N–H and O–H groups in total. The lowest BCUT2D eigenvalue weighted by atomic mass is 10.0. The molecule has 3 aromatic rings. The molecule has 1 aromatic carbocycles. The van der Waals surface area contributed by atoms with Crippen LogP contribution in [0.5, 0.6) is 0 Å². The number of nitrogens with zero attached hydrogens (tertiary/aromatic N) is 5. The Kier molecular flexibility index (Phi) is 7.32. The first-order chi connectivity index (χ1) is 16.5. The number of carbonyl (C=O) groups excluding carboxylic acids is 2. The highest BCUT2D eigenvalue weighted by Crippen LogP contribution is 2.23. The van der Waals surface area contributed by atoms with E-state index in [0.29, 0.717) is 36.8 Å². The first-order valence-electron chi connectivity index (χ1n) is 11.5. The Labute approximate surface area is 199 Å². The molecule has 9 heteroatoms. The molecule has 0 unspecified atom stereocenters. The van der Waals surface area contributed by atoms with Gasteiger partial charge in [0, 0.05) is 44.0 Å². The van der Waals surface area contributed by atoms with Crippen molar-refractivity contribution in [2.45, 2.75) is 26.4 Å². The fourth-order valence-corrected chi connectivity index (χ4v) is 4.06. The van der Waals surface area contributed by atoms with Gasteiger partial charge in [-0.2, -0.15) is 0 Å². The second kappa shape index (κ2) is 10.6. The third kappa shape index (κ3) is 5.31. The van der Waals surface area contributed by atoms with Crippen molar-refractivity contribution in [3.8, 4) is 0 Å². The Morgan fingerprint density at radius 2 is 1.82 bits per heavy atom. The predicted molar refractivity (Wildman–Crippen MR) is 129 cm³/mol. The number of anilines is 1. The number of ether oxygens (including phenoxy) is 1. The summed E-state index contributed by atoms with van der Waals surface area (Å²) in [7, 11) is 1.39. The van der Waals surface area contributed by atoms with E-state index in [0.717, 1.165) is 24.0 Å². The molecule has 3 heterocycles. The number of piperazine rings is 1. The van der Waals surface area contributed by atoms with Crippen LogP contribution in [0.15, 0.2) is 48.8 Å². The van der Waals surface area contributed by atoms with E-state index in [1.807, 2.05) is 43.0 Å². The van der Waals surface area contributed by atoms with Crippen molar-refractivity contribution in [3.63, 3.8) is 0 Å². The molecule has 1 aliphatic heterocycles. The van der Waals surface area contributed by atoms with Crippen LogP contribution in [0.2, 0.25) is 0 Å². The van der Waals surface area contributed by atoms with Gasteiger partial charge in [0.05, 0.1) is 24.7 Å². The Morgan fingerprint density at radius 1 is 1.06 bits per heavy atom. The number of esters is 1. The third-order valence-corrected chi connectivity index (χ3v) is 6.00. The van der Waals surface area contributed by atoms with Crippen molar-refractivity contribution >= 4 is 28.6 Å². The normalized spacial score (nSPS) is 15.4. The summed E-state index contributed by atoms with van der Waals surface area (Å²) in [6, 6.07) is 10.8. The number of hydrogen-bond acceptors (Lipinski definition) is 8. The van der Waals surface area contributed by atoms with E-state index >= 15 is 0 Å². The van der Waals surface area contributed by atoms with E-state index in [-0.39, 0.29) is 17.8 Å². The molecule has 0 saturated carbocycles. The first-order valence-corrected chi connectivity index (χ1v) is 11.5. The van der Waals surface area contributed by atoms with E-state index in [9.17, 15) is 9.59 Å². The molecule has 1 amide bonds. The Balaban J connectivity index is 1.48. The van der Waals surface area contributed by atoms with Gasteiger partial charge in [0.1, 0.15) is 17.7 Å². The van der Waals surface area contributed by atoms with Crippen molar-refractivity contribution in [1.29, 1.82) is 0 Å². The zero-order chi connectivity index (χ0) is 24.1. The van der Waals surface area contributed by atoms with Crippen LogP contribution in [0, 0.1) is 5.92 Å². The SMILES string of the molecule is COC(=O)[C@@H](Nc1nc(CN2CCN(C(=O)c3cccnc3)CC2)nc2ccccc12)C(C)C. The van der Waals surface area contributed by atoms with Gasteiger partial charge in [-0.05, 0) is 30.2 Å². The minimum Gasteiger partial charge on any atom is -0.467 e. The van der Waals surface area contributed by atoms with E-state index in [1.165, 1.54) is 7.11 Å². The number of aromatic nitrogens is 3. The van der Waals surface area contributed by atoms with E-state index in [2.05, 4.69) is 15.2 Å². The number of carbonyl (C=O) groups is 2. The van der Waals surface area contributed by atoms with Crippen molar-refractivity contribution in [2.24, 2.45) is 5.92 Å². The van der Waals surface area contributed by atoms with Crippen LogP contribution in [0.4, 0.5) is 5.82 Å². The van der Waals surface area contributed by atoms with Gasteiger partial charge in [0.15, 0.2) is 0 Å². The molecule has 178 valence electrons. The fraction of sp³-hybridized carbons (Fsp3) is 0.400. The highest BCUT2D eigenvalue weighted by atomic mass is 16.5. The summed E-state index contributed by atoms with van der Waals surface area (Å²) in [6.45, 7) is 7.19. The number of para-hydroxylation sites is 1. The van der Waals surface area contributed by atoms with Crippen molar-refractivity contribution in [2.75, 3.05) is 38.6 Å². The fourth-order valence-electron chi connectivity index (χ4n) is 4.06. The number of hydrogen-bond donors (Lipinski definition) is 1. The first kappa shape index (κ1) is 23.6. The summed E-state index contributed by atoms with van der Waals surface area (Å²) in [6.07, 6.45) is 3.26. The predicted octanol–water partition coefficient (Wildman–Crippen LogP) is 2.59. The molecule has 1 fully saturated rings. The Morgan fingerprint density at radius 3 is 2.50 bits per heavy atom. The summed E-state index contributed by atoms with van der Waals surface area (Å²) < 4.78 is 4.98. The molecular formula is C25H30N6O3. The number of methoxy groups -OCH3 is 1. The van der Waals surface area contributed by atoms with Crippen molar-refractivity contribution in [1.82, 2.24) is 24.8 Å². The van der Waals surface area contributed by atoms with Gasteiger partial charge in [-0.3, -0.25) is 14.7 Å².